The first-order chi connectivity index (χ1) is 10.1. The van der Waals surface area contributed by atoms with Crippen LogP contribution >= 0.6 is 0 Å². The molecule has 1 aromatic rings. The summed E-state index contributed by atoms with van der Waals surface area (Å²) in [7, 11) is 0. The van der Waals surface area contributed by atoms with Crippen molar-refractivity contribution in [3.8, 4) is 0 Å². The summed E-state index contributed by atoms with van der Waals surface area (Å²) in [5.41, 5.74) is 1.77. The van der Waals surface area contributed by atoms with Crippen molar-refractivity contribution >= 4 is 11.6 Å². The highest BCUT2D eigenvalue weighted by atomic mass is 16.1. The van der Waals surface area contributed by atoms with Crippen LogP contribution in [0.5, 0.6) is 0 Å². The van der Waals surface area contributed by atoms with Crippen LogP contribution in [-0.4, -0.2) is 24.0 Å². The Morgan fingerprint density at radius 2 is 2.10 bits per heavy atom. The summed E-state index contributed by atoms with van der Waals surface area (Å²) in [6.45, 7) is 6.01. The third-order valence-electron chi connectivity index (χ3n) is 4.37. The first-order valence-corrected chi connectivity index (χ1v) is 8.11. The molecule has 1 fully saturated rings. The maximum atomic E-state index is 12.4. The fraction of sp³-hybridized carbons (Fsp3) is 0.647. The highest BCUT2D eigenvalue weighted by molar-refractivity contribution is 5.99. The second-order valence-electron chi connectivity index (χ2n) is 6.40. The molecule has 0 saturated heterocycles. The van der Waals surface area contributed by atoms with Gasteiger partial charge in [0.15, 0.2) is 0 Å². The van der Waals surface area contributed by atoms with Crippen LogP contribution < -0.4 is 10.6 Å². The summed E-state index contributed by atoms with van der Waals surface area (Å²) in [6, 6.07) is 1.87. The minimum absolute atomic E-state index is 0.0199. The van der Waals surface area contributed by atoms with Crippen molar-refractivity contribution in [2.45, 2.75) is 52.4 Å². The quantitative estimate of drug-likeness (QED) is 0.841. The van der Waals surface area contributed by atoms with E-state index < -0.39 is 0 Å². The van der Waals surface area contributed by atoms with E-state index in [-0.39, 0.29) is 11.3 Å². The number of nitrogens with one attached hydrogen (secondary N) is 2. The molecule has 4 heteroatoms. The maximum absolute atomic E-state index is 12.4. The Balaban J connectivity index is 1.96. The van der Waals surface area contributed by atoms with Gasteiger partial charge in [0.25, 0.3) is 5.91 Å². The molecule has 0 aliphatic heterocycles. The molecule has 1 amide bonds. The van der Waals surface area contributed by atoms with E-state index in [1.54, 1.807) is 12.4 Å². The lowest BCUT2D eigenvalue weighted by atomic mass is 9.76. The molecule has 1 aromatic heterocycles. The van der Waals surface area contributed by atoms with Crippen LogP contribution in [0, 0.1) is 5.41 Å². The molecular weight excluding hydrogens is 262 g/mol. The number of hydrogen-bond acceptors (Lipinski definition) is 3. The molecule has 4 nitrogen and oxygen atoms in total. The van der Waals surface area contributed by atoms with Crippen molar-refractivity contribution in [3.05, 3.63) is 24.0 Å². The van der Waals surface area contributed by atoms with Crippen molar-refractivity contribution in [2.75, 3.05) is 18.4 Å². The Morgan fingerprint density at radius 3 is 2.81 bits per heavy atom. The third kappa shape index (κ3) is 4.45. The van der Waals surface area contributed by atoms with Crippen molar-refractivity contribution in [1.82, 2.24) is 10.3 Å². The Bertz CT molecular complexity index is 467. The second-order valence-corrected chi connectivity index (χ2v) is 6.40. The smallest absolute Gasteiger partial charge is 0.254 e. The first kappa shape index (κ1) is 15.8. The molecule has 0 bridgehead atoms. The van der Waals surface area contributed by atoms with Gasteiger partial charge < -0.3 is 10.6 Å². The van der Waals surface area contributed by atoms with E-state index in [1.807, 2.05) is 6.07 Å². The second kappa shape index (κ2) is 7.43. The standard InChI is InChI=1S/C17H27N3O/c1-3-10-19-15-7-11-18-12-14(15)16(21)20-13-17(2)8-5-4-6-9-17/h7,11-12H,3-6,8-10,13H2,1-2H3,(H,18,19)(H,20,21). The summed E-state index contributed by atoms with van der Waals surface area (Å²) < 4.78 is 0. The molecule has 1 heterocycles. The van der Waals surface area contributed by atoms with Crippen molar-refractivity contribution in [2.24, 2.45) is 5.41 Å². The lowest BCUT2D eigenvalue weighted by molar-refractivity contribution is 0.0919. The van der Waals surface area contributed by atoms with Gasteiger partial charge in [-0.15, -0.1) is 0 Å². The molecule has 2 rings (SSSR count). The number of carbonyl (C=O) groups is 1. The summed E-state index contributed by atoms with van der Waals surface area (Å²) in [5, 5.41) is 6.40. The van der Waals surface area contributed by atoms with Gasteiger partial charge in [-0.25, -0.2) is 0 Å². The molecule has 0 spiro atoms. The van der Waals surface area contributed by atoms with Gasteiger partial charge in [0.2, 0.25) is 0 Å². The molecule has 2 N–H and O–H groups in total. The van der Waals surface area contributed by atoms with Gasteiger partial charge >= 0.3 is 0 Å². The minimum atomic E-state index is -0.0199. The van der Waals surface area contributed by atoms with Crippen LogP contribution in [-0.2, 0) is 0 Å². The van der Waals surface area contributed by atoms with E-state index in [9.17, 15) is 4.79 Å². The molecule has 1 saturated carbocycles. The van der Waals surface area contributed by atoms with E-state index in [1.165, 1.54) is 32.1 Å². The average molecular weight is 289 g/mol. The number of carbonyl (C=O) groups excluding carboxylic acids is 1. The average Bonchev–Trinajstić information content (AvgIpc) is 2.52. The van der Waals surface area contributed by atoms with Gasteiger partial charge in [0.1, 0.15) is 0 Å². The highest BCUT2D eigenvalue weighted by Gasteiger charge is 2.27. The fourth-order valence-corrected chi connectivity index (χ4v) is 2.96. The van der Waals surface area contributed by atoms with E-state index in [0.29, 0.717) is 5.56 Å². The van der Waals surface area contributed by atoms with Crippen LogP contribution in [0.25, 0.3) is 0 Å². The molecular formula is C17H27N3O. The minimum Gasteiger partial charge on any atom is -0.384 e. The number of anilines is 1. The zero-order chi connectivity index (χ0) is 15.1. The molecule has 0 aromatic carbocycles. The predicted octanol–water partition coefficient (Wildman–Crippen LogP) is 3.60. The molecule has 1 aliphatic rings. The third-order valence-corrected chi connectivity index (χ3v) is 4.37. The number of rotatable bonds is 6. The maximum Gasteiger partial charge on any atom is 0.254 e. The molecule has 0 unspecified atom stereocenters. The summed E-state index contributed by atoms with van der Waals surface area (Å²) >= 11 is 0. The van der Waals surface area contributed by atoms with Gasteiger partial charge in [0.05, 0.1) is 11.3 Å². The number of hydrogen-bond donors (Lipinski definition) is 2. The topological polar surface area (TPSA) is 54.0 Å². The zero-order valence-corrected chi connectivity index (χ0v) is 13.2. The van der Waals surface area contributed by atoms with Gasteiger partial charge in [-0.1, -0.05) is 33.1 Å². The van der Waals surface area contributed by atoms with Crippen LogP contribution in [0.3, 0.4) is 0 Å². The first-order valence-electron chi connectivity index (χ1n) is 8.11. The summed E-state index contributed by atoms with van der Waals surface area (Å²) in [4.78, 5) is 16.5. The van der Waals surface area contributed by atoms with Crippen LogP contribution in [0.2, 0.25) is 0 Å². The summed E-state index contributed by atoms with van der Waals surface area (Å²) in [5.74, 6) is -0.0199. The van der Waals surface area contributed by atoms with E-state index >= 15 is 0 Å². The molecule has 0 atom stereocenters. The Kier molecular flexibility index (Phi) is 5.59. The molecule has 21 heavy (non-hydrogen) atoms. The molecule has 116 valence electrons. The number of aromatic nitrogens is 1. The largest absolute Gasteiger partial charge is 0.384 e. The van der Waals surface area contributed by atoms with E-state index in [4.69, 9.17) is 0 Å². The van der Waals surface area contributed by atoms with Gasteiger partial charge in [-0.3, -0.25) is 9.78 Å². The van der Waals surface area contributed by atoms with E-state index in [0.717, 1.165) is 25.2 Å². The SMILES string of the molecule is CCCNc1ccncc1C(=O)NCC1(C)CCCCC1. The molecule has 0 radical (unpaired) electrons. The monoisotopic (exact) mass is 289 g/mol. The van der Waals surface area contributed by atoms with Crippen LogP contribution in [0.4, 0.5) is 5.69 Å². The molecule has 1 aliphatic carbocycles. The predicted molar refractivity (Wildman–Crippen MR) is 86.5 cm³/mol. The van der Waals surface area contributed by atoms with E-state index in [2.05, 4.69) is 29.5 Å². The number of amides is 1. The number of pyridine rings is 1. The summed E-state index contributed by atoms with van der Waals surface area (Å²) in [6.07, 6.45) is 10.7. The highest BCUT2D eigenvalue weighted by Crippen LogP contribution is 2.35. The Morgan fingerprint density at radius 1 is 1.33 bits per heavy atom. The Labute approximate surface area is 127 Å². The van der Waals surface area contributed by atoms with Gasteiger partial charge in [-0.2, -0.15) is 0 Å². The van der Waals surface area contributed by atoms with Gasteiger partial charge in [0, 0.05) is 25.5 Å². The number of nitrogens with zero attached hydrogens (tertiary/aromatic N) is 1. The fourth-order valence-electron chi connectivity index (χ4n) is 2.96. The van der Waals surface area contributed by atoms with Crippen molar-refractivity contribution < 1.29 is 4.79 Å². The lowest BCUT2D eigenvalue weighted by Crippen LogP contribution is -2.37. The zero-order valence-electron chi connectivity index (χ0n) is 13.2. The normalized spacial score (nSPS) is 17.2. The van der Waals surface area contributed by atoms with Crippen LogP contribution in [0.1, 0.15) is 62.7 Å². The van der Waals surface area contributed by atoms with Gasteiger partial charge in [-0.05, 0) is 30.7 Å². The lowest BCUT2D eigenvalue weighted by Gasteiger charge is -2.33. The van der Waals surface area contributed by atoms with Crippen molar-refractivity contribution in [1.29, 1.82) is 0 Å². The van der Waals surface area contributed by atoms with Crippen molar-refractivity contribution in [3.63, 3.8) is 0 Å². The van der Waals surface area contributed by atoms with Crippen LogP contribution in [0.15, 0.2) is 18.5 Å². The Hall–Kier alpha value is -1.58.